The van der Waals surface area contributed by atoms with Gasteiger partial charge in [-0.15, -0.1) is 5.10 Å². The van der Waals surface area contributed by atoms with Crippen LogP contribution in [0.2, 0.25) is 0 Å². The second-order valence-corrected chi connectivity index (χ2v) is 3.91. The molecule has 0 bridgehead atoms. The highest BCUT2D eigenvalue weighted by atomic mass is 79.9. The van der Waals surface area contributed by atoms with Gasteiger partial charge in [-0.3, -0.25) is 0 Å². The van der Waals surface area contributed by atoms with Crippen molar-refractivity contribution in [1.82, 2.24) is 20.4 Å². The van der Waals surface area contributed by atoms with E-state index in [0.29, 0.717) is 5.65 Å². The first-order valence-corrected chi connectivity index (χ1v) is 4.89. The summed E-state index contributed by atoms with van der Waals surface area (Å²) in [5.74, 6) is 0. The SMILES string of the molecule is Brc1ccc2cc3n[nH]nc3nc2c1. The molecule has 0 amide bonds. The standard InChI is InChI=1S/C9H5BrN4/c10-6-2-1-5-3-8-9(13-14-12-8)11-7(5)4-6/h1-4H,(H,11,12,13,14). The second kappa shape index (κ2) is 2.75. The fourth-order valence-corrected chi connectivity index (χ4v) is 1.76. The zero-order valence-electron chi connectivity index (χ0n) is 7.03. The number of benzene rings is 1. The highest BCUT2D eigenvalue weighted by Gasteiger charge is 2.02. The Morgan fingerprint density at radius 1 is 1.07 bits per heavy atom. The van der Waals surface area contributed by atoms with Crippen LogP contribution in [0, 0.1) is 0 Å². The number of nitrogens with zero attached hydrogens (tertiary/aromatic N) is 3. The molecule has 3 aromatic rings. The Morgan fingerprint density at radius 2 is 2.00 bits per heavy atom. The normalized spacial score (nSPS) is 11.2. The number of halogens is 1. The van der Waals surface area contributed by atoms with E-state index in [0.717, 1.165) is 20.9 Å². The second-order valence-electron chi connectivity index (χ2n) is 2.99. The lowest BCUT2D eigenvalue weighted by Gasteiger charge is -1.96. The lowest BCUT2D eigenvalue weighted by Crippen LogP contribution is -1.81. The summed E-state index contributed by atoms with van der Waals surface area (Å²) in [5.41, 5.74) is 2.36. The number of nitrogens with one attached hydrogen (secondary N) is 1. The molecule has 0 aliphatic carbocycles. The van der Waals surface area contributed by atoms with Crippen molar-refractivity contribution in [2.45, 2.75) is 0 Å². The molecule has 3 rings (SSSR count). The van der Waals surface area contributed by atoms with Crippen molar-refractivity contribution in [3.63, 3.8) is 0 Å². The summed E-state index contributed by atoms with van der Waals surface area (Å²) in [6, 6.07) is 7.91. The molecule has 1 aromatic carbocycles. The average Bonchev–Trinajstić information content (AvgIpc) is 2.61. The molecule has 14 heavy (non-hydrogen) atoms. The molecule has 5 heteroatoms. The number of hydrogen-bond acceptors (Lipinski definition) is 3. The van der Waals surface area contributed by atoms with Crippen molar-refractivity contribution in [2.75, 3.05) is 0 Å². The quantitative estimate of drug-likeness (QED) is 0.664. The maximum absolute atomic E-state index is 4.36. The smallest absolute Gasteiger partial charge is 0.202 e. The van der Waals surface area contributed by atoms with E-state index in [9.17, 15) is 0 Å². The number of rotatable bonds is 0. The molecular formula is C9H5BrN4. The minimum absolute atomic E-state index is 0.649. The van der Waals surface area contributed by atoms with E-state index in [1.807, 2.05) is 24.3 Å². The van der Waals surface area contributed by atoms with Gasteiger partial charge in [-0.05, 0) is 18.2 Å². The number of aromatic amines is 1. The monoisotopic (exact) mass is 248 g/mol. The molecule has 0 fully saturated rings. The summed E-state index contributed by atoms with van der Waals surface area (Å²) >= 11 is 3.40. The number of aromatic nitrogens is 4. The topological polar surface area (TPSA) is 54.5 Å². The average molecular weight is 249 g/mol. The van der Waals surface area contributed by atoms with Crippen molar-refractivity contribution in [1.29, 1.82) is 0 Å². The first-order chi connectivity index (χ1) is 6.83. The Hall–Kier alpha value is -1.49. The van der Waals surface area contributed by atoms with Gasteiger partial charge in [0.1, 0.15) is 5.52 Å². The summed E-state index contributed by atoms with van der Waals surface area (Å²) in [5, 5.41) is 11.5. The van der Waals surface area contributed by atoms with E-state index in [1.165, 1.54) is 0 Å². The molecule has 0 saturated heterocycles. The van der Waals surface area contributed by atoms with Crippen molar-refractivity contribution in [3.8, 4) is 0 Å². The Bertz CT molecular complexity index is 616. The maximum atomic E-state index is 4.36. The summed E-state index contributed by atoms with van der Waals surface area (Å²) in [4.78, 5) is 4.36. The van der Waals surface area contributed by atoms with E-state index in [2.05, 4.69) is 36.3 Å². The number of H-pyrrole nitrogens is 1. The first-order valence-electron chi connectivity index (χ1n) is 4.10. The van der Waals surface area contributed by atoms with Crippen LogP contribution in [0.4, 0.5) is 0 Å². The lowest BCUT2D eigenvalue weighted by molar-refractivity contribution is 0.955. The van der Waals surface area contributed by atoms with Gasteiger partial charge in [0.25, 0.3) is 0 Å². The Morgan fingerprint density at radius 3 is 2.93 bits per heavy atom. The Balaban J connectivity index is 2.50. The third-order valence-electron chi connectivity index (χ3n) is 2.07. The third-order valence-corrected chi connectivity index (χ3v) is 2.56. The molecule has 0 radical (unpaired) electrons. The first kappa shape index (κ1) is 7.87. The van der Waals surface area contributed by atoms with Crippen LogP contribution < -0.4 is 0 Å². The molecular weight excluding hydrogens is 244 g/mol. The van der Waals surface area contributed by atoms with Crippen LogP contribution in [0.15, 0.2) is 28.7 Å². The highest BCUT2D eigenvalue weighted by Crippen LogP contribution is 2.20. The fourth-order valence-electron chi connectivity index (χ4n) is 1.41. The van der Waals surface area contributed by atoms with Crippen LogP contribution in [0.1, 0.15) is 0 Å². The van der Waals surface area contributed by atoms with Crippen molar-refractivity contribution in [2.24, 2.45) is 0 Å². The van der Waals surface area contributed by atoms with Gasteiger partial charge in [0.2, 0.25) is 5.65 Å². The van der Waals surface area contributed by atoms with Crippen LogP contribution in [0.5, 0.6) is 0 Å². The molecule has 4 nitrogen and oxygen atoms in total. The molecule has 2 heterocycles. The molecule has 0 saturated carbocycles. The molecule has 0 aliphatic rings. The van der Waals surface area contributed by atoms with Gasteiger partial charge in [0.15, 0.2) is 0 Å². The number of hydrogen-bond donors (Lipinski definition) is 1. The predicted molar refractivity (Wildman–Crippen MR) is 56.9 cm³/mol. The van der Waals surface area contributed by atoms with Crippen LogP contribution in [-0.2, 0) is 0 Å². The fraction of sp³-hybridized carbons (Fsp3) is 0. The van der Waals surface area contributed by atoms with Gasteiger partial charge >= 0.3 is 0 Å². The molecule has 0 spiro atoms. The summed E-state index contributed by atoms with van der Waals surface area (Å²) in [6.45, 7) is 0. The van der Waals surface area contributed by atoms with Gasteiger partial charge in [0, 0.05) is 9.86 Å². The number of pyridine rings is 1. The molecule has 0 atom stereocenters. The van der Waals surface area contributed by atoms with E-state index in [-0.39, 0.29) is 0 Å². The van der Waals surface area contributed by atoms with Crippen LogP contribution >= 0.6 is 15.9 Å². The Kier molecular flexibility index (Phi) is 1.55. The zero-order chi connectivity index (χ0) is 9.54. The minimum Gasteiger partial charge on any atom is -0.225 e. The third kappa shape index (κ3) is 1.09. The minimum atomic E-state index is 0.649. The van der Waals surface area contributed by atoms with Gasteiger partial charge < -0.3 is 0 Å². The molecule has 68 valence electrons. The highest BCUT2D eigenvalue weighted by molar-refractivity contribution is 9.10. The summed E-state index contributed by atoms with van der Waals surface area (Å²) in [7, 11) is 0. The maximum Gasteiger partial charge on any atom is 0.202 e. The van der Waals surface area contributed by atoms with Crippen molar-refractivity contribution in [3.05, 3.63) is 28.7 Å². The molecule has 0 unspecified atom stereocenters. The van der Waals surface area contributed by atoms with Crippen LogP contribution in [0.3, 0.4) is 0 Å². The summed E-state index contributed by atoms with van der Waals surface area (Å²) < 4.78 is 1.01. The predicted octanol–water partition coefficient (Wildman–Crippen LogP) is 2.27. The molecule has 0 aliphatic heterocycles. The zero-order valence-corrected chi connectivity index (χ0v) is 8.62. The van der Waals surface area contributed by atoms with Crippen LogP contribution in [-0.4, -0.2) is 20.4 Å². The number of fused-ring (bicyclic) bond motifs is 2. The lowest BCUT2D eigenvalue weighted by atomic mass is 10.2. The molecule has 1 N–H and O–H groups in total. The van der Waals surface area contributed by atoms with E-state index in [1.54, 1.807) is 0 Å². The van der Waals surface area contributed by atoms with Crippen LogP contribution in [0.25, 0.3) is 22.1 Å². The van der Waals surface area contributed by atoms with Gasteiger partial charge in [-0.2, -0.15) is 10.3 Å². The van der Waals surface area contributed by atoms with E-state index in [4.69, 9.17) is 0 Å². The Labute approximate surface area is 87.5 Å². The van der Waals surface area contributed by atoms with E-state index < -0.39 is 0 Å². The van der Waals surface area contributed by atoms with Crippen molar-refractivity contribution >= 4 is 38.0 Å². The molecule has 2 aromatic heterocycles. The van der Waals surface area contributed by atoms with Crippen molar-refractivity contribution < 1.29 is 0 Å². The van der Waals surface area contributed by atoms with E-state index >= 15 is 0 Å². The van der Waals surface area contributed by atoms with Gasteiger partial charge in [-0.1, -0.05) is 22.0 Å². The summed E-state index contributed by atoms with van der Waals surface area (Å²) in [6.07, 6.45) is 0. The van der Waals surface area contributed by atoms with Gasteiger partial charge in [-0.25, -0.2) is 4.98 Å². The van der Waals surface area contributed by atoms with Gasteiger partial charge in [0.05, 0.1) is 5.52 Å². The largest absolute Gasteiger partial charge is 0.225 e.